The van der Waals surface area contributed by atoms with Crippen LogP contribution in [-0.2, 0) is 0 Å². The zero-order valence-electron chi connectivity index (χ0n) is 27.4. The molecule has 0 radical (unpaired) electrons. The summed E-state index contributed by atoms with van der Waals surface area (Å²) >= 11 is 0. The van der Waals surface area contributed by atoms with E-state index >= 15 is 0 Å². The molecule has 1 N–H and O–H groups in total. The minimum absolute atomic E-state index is 0.0204. The SMILES string of the molecule is CCCOc1cc(C)c(C(=O)Oc2ccc(C(=O)CNC(C)(C)C)cc2OC(=O)c2c(C)cc(OCCC)cc2C)c(C)c1. The van der Waals surface area contributed by atoms with Crippen LogP contribution in [0.4, 0.5) is 0 Å². The Morgan fingerprint density at radius 3 is 1.50 bits per heavy atom. The number of nitrogens with one attached hydrogen (secondary N) is 1. The van der Waals surface area contributed by atoms with Crippen LogP contribution < -0.4 is 24.3 Å². The first-order valence-electron chi connectivity index (χ1n) is 15.1. The first-order valence-corrected chi connectivity index (χ1v) is 15.1. The highest BCUT2D eigenvalue weighted by Crippen LogP contribution is 2.33. The minimum Gasteiger partial charge on any atom is -0.494 e. The number of ketones is 1. The number of carbonyl (C=O) groups excluding carboxylic acids is 3. The summed E-state index contributed by atoms with van der Waals surface area (Å²) in [6.07, 6.45) is 1.73. The molecule has 8 heteroatoms. The van der Waals surface area contributed by atoms with Crippen molar-refractivity contribution in [3.8, 4) is 23.0 Å². The number of hydrogen-bond donors (Lipinski definition) is 1. The average molecular weight is 604 g/mol. The fraction of sp³-hybridized carbons (Fsp3) is 0.417. The number of benzene rings is 3. The molecule has 3 aromatic carbocycles. The Balaban J connectivity index is 1.98. The Labute approximate surface area is 261 Å². The standard InChI is InChI=1S/C36H45NO7/c1-10-14-41-27-16-22(3)32(23(4)17-27)34(39)43-30-13-12-26(29(38)21-37-36(7,8)9)20-31(30)44-35(40)33-24(5)18-28(19-25(33)6)42-15-11-2/h12-13,16-20,37H,10-11,14-15,21H2,1-9H3. The smallest absolute Gasteiger partial charge is 0.344 e. The van der Waals surface area contributed by atoms with Crippen molar-refractivity contribution in [1.29, 1.82) is 0 Å². The van der Waals surface area contributed by atoms with Crippen molar-refractivity contribution in [1.82, 2.24) is 5.32 Å². The van der Waals surface area contributed by atoms with Gasteiger partial charge in [0.25, 0.3) is 0 Å². The summed E-state index contributed by atoms with van der Waals surface area (Å²) in [6, 6.07) is 11.7. The molecule has 0 saturated heterocycles. The lowest BCUT2D eigenvalue weighted by Crippen LogP contribution is -2.39. The van der Waals surface area contributed by atoms with E-state index in [1.54, 1.807) is 44.2 Å². The molecule has 8 nitrogen and oxygen atoms in total. The Hall–Kier alpha value is -4.17. The van der Waals surface area contributed by atoms with Crippen molar-refractivity contribution in [3.63, 3.8) is 0 Å². The normalized spacial score (nSPS) is 11.2. The summed E-state index contributed by atoms with van der Waals surface area (Å²) in [5.74, 6) is -0.117. The molecule has 0 aliphatic rings. The molecule has 3 rings (SSSR count). The second-order valence-electron chi connectivity index (χ2n) is 12.0. The van der Waals surface area contributed by atoms with E-state index in [9.17, 15) is 14.4 Å². The number of hydrogen-bond acceptors (Lipinski definition) is 8. The van der Waals surface area contributed by atoms with Crippen molar-refractivity contribution in [2.24, 2.45) is 0 Å². The van der Waals surface area contributed by atoms with Gasteiger partial charge >= 0.3 is 11.9 Å². The van der Waals surface area contributed by atoms with Crippen LogP contribution in [0.25, 0.3) is 0 Å². The van der Waals surface area contributed by atoms with Crippen LogP contribution in [0.3, 0.4) is 0 Å². The molecule has 0 fully saturated rings. The van der Waals surface area contributed by atoms with Gasteiger partial charge in [-0.25, -0.2) is 9.59 Å². The molecule has 0 saturated carbocycles. The second kappa shape index (κ2) is 15.0. The van der Waals surface area contributed by atoms with Crippen LogP contribution in [0.2, 0.25) is 0 Å². The van der Waals surface area contributed by atoms with E-state index < -0.39 is 11.9 Å². The molecule has 0 aromatic heterocycles. The van der Waals surface area contributed by atoms with Gasteiger partial charge in [-0.1, -0.05) is 13.8 Å². The number of rotatable bonds is 13. The van der Waals surface area contributed by atoms with Crippen molar-refractivity contribution in [3.05, 3.63) is 81.4 Å². The van der Waals surface area contributed by atoms with Gasteiger partial charge in [-0.2, -0.15) is 0 Å². The zero-order chi connectivity index (χ0) is 32.6. The lowest BCUT2D eigenvalue weighted by molar-refractivity contribution is 0.0680. The fourth-order valence-electron chi connectivity index (χ4n) is 4.69. The van der Waals surface area contributed by atoms with E-state index in [4.69, 9.17) is 18.9 Å². The number of carbonyl (C=O) groups is 3. The minimum atomic E-state index is -0.637. The number of esters is 2. The van der Waals surface area contributed by atoms with Crippen molar-refractivity contribution in [2.45, 2.75) is 80.7 Å². The van der Waals surface area contributed by atoms with Gasteiger partial charge in [-0.3, -0.25) is 4.79 Å². The summed E-state index contributed by atoms with van der Waals surface area (Å²) in [5.41, 5.74) is 3.53. The molecule has 44 heavy (non-hydrogen) atoms. The van der Waals surface area contributed by atoms with E-state index in [1.165, 1.54) is 12.1 Å². The summed E-state index contributed by atoms with van der Waals surface area (Å²) in [4.78, 5) is 40.0. The number of ether oxygens (including phenoxy) is 4. The molecule has 0 spiro atoms. The second-order valence-corrected chi connectivity index (χ2v) is 12.0. The third kappa shape index (κ3) is 9.16. The summed E-state index contributed by atoms with van der Waals surface area (Å²) in [7, 11) is 0. The summed E-state index contributed by atoms with van der Waals surface area (Å²) < 4.78 is 23.2. The third-order valence-electron chi connectivity index (χ3n) is 6.82. The third-order valence-corrected chi connectivity index (χ3v) is 6.82. The van der Waals surface area contributed by atoms with Gasteiger partial charge in [0.1, 0.15) is 11.5 Å². The van der Waals surface area contributed by atoms with Gasteiger partial charge in [0.05, 0.1) is 30.9 Å². The molecule has 236 valence electrons. The zero-order valence-corrected chi connectivity index (χ0v) is 27.4. The van der Waals surface area contributed by atoms with Gasteiger partial charge in [0.15, 0.2) is 17.3 Å². The van der Waals surface area contributed by atoms with E-state index in [-0.39, 0.29) is 29.4 Å². The molecule has 0 aliphatic carbocycles. The van der Waals surface area contributed by atoms with Crippen LogP contribution >= 0.6 is 0 Å². The predicted octanol–water partition coefficient (Wildman–Crippen LogP) is 7.51. The Bertz CT molecular complexity index is 1470. The quantitative estimate of drug-likeness (QED) is 0.122. The number of Topliss-reactive ketones (excluding diaryl/α,β-unsaturated/α-hetero) is 1. The highest BCUT2D eigenvalue weighted by molar-refractivity contribution is 6.00. The maximum absolute atomic E-state index is 13.5. The topological polar surface area (TPSA) is 100 Å². The molecule has 0 unspecified atom stereocenters. The summed E-state index contributed by atoms with van der Waals surface area (Å²) in [5, 5.41) is 3.17. The maximum Gasteiger partial charge on any atom is 0.344 e. The monoisotopic (exact) mass is 603 g/mol. The predicted molar refractivity (Wildman–Crippen MR) is 172 cm³/mol. The summed E-state index contributed by atoms with van der Waals surface area (Å²) in [6.45, 7) is 18.4. The Morgan fingerprint density at radius 1 is 0.659 bits per heavy atom. The van der Waals surface area contributed by atoms with E-state index in [0.717, 1.165) is 12.8 Å². The Kier molecular flexibility index (Phi) is 11.7. The average Bonchev–Trinajstić information content (AvgIpc) is 2.93. The molecular weight excluding hydrogens is 558 g/mol. The fourth-order valence-corrected chi connectivity index (χ4v) is 4.69. The first-order chi connectivity index (χ1) is 20.7. The molecular formula is C36H45NO7. The van der Waals surface area contributed by atoms with Crippen LogP contribution in [0.15, 0.2) is 42.5 Å². The van der Waals surface area contributed by atoms with Crippen molar-refractivity contribution >= 4 is 17.7 Å². The van der Waals surface area contributed by atoms with Crippen LogP contribution in [0.5, 0.6) is 23.0 Å². The van der Waals surface area contributed by atoms with Crippen LogP contribution in [0.1, 0.15) is 101 Å². The first kappa shape index (κ1) is 34.3. The van der Waals surface area contributed by atoms with Gasteiger partial charge in [0, 0.05) is 11.1 Å². The van der Waals surface area contributed by atoms with E-state index in [1.807, 2.05) is 48.5 Å². The molecule has 0 aliphatic heterocycles. The number of aryl methyl sites for hydroxylation is 4. The lowest BCUT2D eigenvalue weighted by Gasteiger charge is -2.20. The van der Waals surface area contributed by atoms with Crippen molar-refractivity contribution < 1.29 is 33.3 Å². The van der Waals surface area contributed by atoms with E-state index in [0.29, 0.717) is 63.7 Å². The molecule has 3 aromatic rings. The lowest BCUT2D eigenvalue weighted by atomic mass is 10.0. The molecule has 0 heterocycles. The van der Waals surface area contributed by atoms with Crippen LogP contribution in [0, 0.1) is 27.7 Å². The van der Waals surface area contributed by atoms with Gasteiger partial charge < -0.3 is 24.3 Å². The highest BCUT2D eigenvalue weighted by Gasteiger charge is 2.23. The largest absolute Gasteiger partial charge is 0.494 e. The van der Waals surface area contributed by atoms with Gasteiger partial charge in [-0.15, -0.1) is 0 Å². The van der Waals surface area contributed by atoms with E-state index in [2.05, 4.69) is 5.32 Å². The molecule has 0 amide bonds. The maximum atomic E-state index is 13.5. The van der Waals surface area contributed by atoms with Gasteiger partial charge in [-0.05, 0) is 126 Å². The molecule has 0 bridgehead atoms. The Morgan fingerprint density at radius 2 is 1.09 bits per heavy atom. The van der Waals surface area contributed by atoms with Gasteiger partial charge in [0.2, 0.25) is 0 Å². The van der Waals surface area contributed by atoms with Crippen molar-refractivity contribution in [2.75, 3.05) is 19.8 Å². The molecule has 0 atom stereocenters. The van der Waals surface area contributed by atoms with Crippen LogP contribution in [-0.4, -0.2) is 43.0 Å². The highest BCUT2D eigenvalue weighted by atomic mass is 16.6.